The molecule has 0 fully saturated rings. The SMILES string of the molecule is CCCCc1ccc(-c2ccc(-c3cc(C(=O)O)c4cc(CC)ccc4n3)o2)cc1. The van der Waals surface area contributed by atoms with Gasteiger partial charge in [-0.1, -0.05) is 50.6 Å². The number of rotatable bonds is 7. The summed E-state index contributed by atoms with van der Waals surface area (Å²) in [5.74, 6) is 0.336. The molecule has 0 aliphatic carbocycles. The lowest BCUT2D eigenvalue weighted by molar-refractivity contribution is 0.0699. The van der Waals surface area contributed by atoms with Gasteiger partial charge in [0.2, 0.25) is 0 Å². The number of aryl methyl sites for hydroxylation is 2. The zero-order chi connectivity index (χ0) is 21.1. The summed E-state index contributed by atoms with van der Waals surface area (Å²) in [5, 5.41) is 10.4. The normalized spacial score (nSPS) is 11.1. The number of aromatic nitrogens is 1. The summed E-state index contributed by atoms with van der Waals surface area (Å²) in [7, 11) is 0. The van der Waals surface area contributed by atoms with Gasteiger partial charge in [0.25, 0.3) is 0 Å². The Labute approximate surface area is 176 Å². The standard InChI is InChI=1S/C26H25NO3/c1-3-5-6-18-7-10-19(11-8-18)24-13-14-25(30-24)23-16-21(26(28)29)20-15-17(4-2)9-12-22(20)27-23/h7-16H,3-6H2,1-2H3,(H,28,29). The Morgan fingerprint density at radius 1 is 0.933 bits per heavy atom. The number of hydrogen-bond acceptors (Lipinski definition) is 3. The molecule has 4 heteroatoms. The van der Waals surface area contributed by atoms with Crippen molar-refractivity contribution in [2.24, 2.45) is 0 Å². The van der Waals surface area contributed by atoms with Gasteiger partial charge in [0, 0.05) is 10.9 Å². The second-order valence-corrected chi connectivity index (χ2v) is 7.53. The first-order valence-electron chi connectivity index (χ1n) is 10.5. The van der Waals surface area contributed by atoms with Gasteiger partial charge in [-0.05, 0) is 60.7 Å². The number of aromatic carboxylic acids is 1. The van der Waals surface area contributed by atoms with Gasteiger partial charge in [0.1, 0.15) is 11.5 Å². The van der Waals surface area contributed by atoms with Crippen LogP contribution in [0.4, 0.5) is 0 Å². The second kappa shape index (κ2) is 8.54. The average molecular weight is 399 g/mol. The molecule has 0 saturated carbocycles. The maximum Gasteiger partial charge on any atom is 0.336 e. The molecule has 4 nitrogen and oxygen atoms in total. The van der Waals surface area contributed by atoms with E-state index in [-0.39, 0.29) is 5.56 Å². The molecule has 2 aromatic heterocycles. The number of benzene rings is 2. The number of pyridine rings is 1. The molecule has 152 valence electrons. The van der Waals surface area contributed by atoms with Crippen molar-refractivity contribution in [1.82, 2.24) is 4.98 Å². The number of hydrogen-bond donors (Lipinski definition) is 1. The minimum atomic E-state index is -0.966. The lowest BCUT2D eigenvalue weighted by Crippen LogP contribution is -2.00. The Morgan fingerprint density at radius 2 is 1.67 bits per heavy atom. The molecule has 0 radical (unpaired) electrons. The Hall–Kier alpha value is -3.40. The summed E-state index contributed by atoms with van der Waals surface area (Å²) in [6.45, 7) is 4.24. The first-order valence-corrected chi connectivity index (χ1v) is 10.5. The van der Waals surface area contributed by atoms with Crippen molar-refractivity contribution in [3.05, 3.63) is 77.4 Å². The Bertz CT molecular complexity index is 1190. The van der Waals surface area contributed by atoms with E-state index in [1.54, 1.807) is 6.07 Å². The van der Waals surface area contributed by atoms with Gasteiger partial charge < -0.3 is 9.52 Å². The molecule has 0 amide bonds. The molecule has 2 heterocycles. The van der Waals surface area contributed by atoms with Crippen LogP contribution in [0.15, 0.2) is 65.1 Å². The van der Waals surface area contributed by atoms with Crippen LogP contribution in [0.5, 0.6) is 0 Å². The van der Waals surface area contributed by atoms with Gasteiger partial charge in [-0.2, -0.15) is 0 Å². The van der Waals surface area contributed by atoms with E-state index in [0.29, 0.717) is 22.4 Å². The molecule has 0 saturated heterocycles. The smallest absolute Gasteiger partial charge is 0.336 e. The molecule has 0 unspecified atom stereocenters. The molecule has 4 aromatic rings. The predicted octanol–water partition coefficient (Wildman–Crippen LogP) is 6.77. The zero-order valence-corrected chi connectivity index (χ0v) is 17.3. The number of unbranched alkanes of at least 4 members (excludes halogenated alkanes) is 1. The first-order chi connectivity index (χ1) is 14.6. The fourth-order valence-corrected chi connectivity index (χ4v) is 3.64. The van der Waals surface area contributed by atoms with Gasteiger partial charge in [-0.15, -0.1) is 0 Å². The van der Waals surface area contributed by atoms with Crippen LogP contribution in [-0.4, -0.2) is 16.1 Å². The van der Waals surface area contributed by atoms with E-state index in [0.717, 1.165) is 29.7 Å². The molecule has 2 aromatic carbocycles. The highest BCUT2D eigenvalue weighted by Gasteiger charge is 2.16. The quantitative estimate of drug-likeness (QED) is 0.373. The summed E-state index contributed by atoms with van der Waals surface area (Å²) in [6.07, 6.45) is 4.29. The van der Waals surface area contributed by atoms with Crippen molar-refractivity contribution < 1.29 is 14.3 Å². The van der Waals surface area contributed by atoms with Crippen molar-refractivity contribution >= 4 is 16.9 Å². The second-order valence-electron chi connectivity index (χ2n) is 7.53. The molecule has 0 spiro atoms. The molecule has 30 heavy (non-hydrogen) atoms. The molecular weight excluding hydrogens is 374 g/mol. The number of carbonyl (C=O) groups is 1. The lowest BCUT2D eigenvalue weighted by Gasteiger charge is -2.07. The summed E-state index contributed by atoms with van der Waals surface area (Å²) in [5.41, 5.74) is 4.82. The fraction of sp³-hybridized carbons (Fsp3) is 0.231. The van der Waals surface area contributed by atoms with Gasteiger partial charge in [-0.3, -0.25) is 0 Å². The van der Waals surface area contributed by atoms with E-state index < -0.39 is 5.97 Å². The van der Waals surface area contributed by atoms with Crippen LogP contribution in [0.2, 0.25) is 0 Å². The van der Waals surface area contributed by atoms with Crippen LogP contribution >= 0.6 is 0 Å². The van der Waals surface area contributed by atoms with Crippen LogP contribution in [0, 0.1) is 0 Å². The van der Waals surface area contributed by atoms with Crippen molar-refractivity contribution in [3.8, 4) is 22.8 Å². The van der Waals surface area contributed by atoms with Gasteiger partial charge >= 0.3 is 5.97 Å². The minimum absolute atomic E-state index is 0.239. The Kier molecular flexibility index (Phi) is 5.66. The van der Waals surface area contributed by atoms with Crippen molar-refractivity contribution in [2.45, 2.75) is 39.5 Å². The van der Waals surface area contributed by atoms with E-state index >= 15 is 0 Å². The number of furan rings is 1. The van der Waals surface area contributed by atoms with E-state index in [4.69, 9.17) is 4.42 Å². The van der Waals surface area contributed by atoms with Crippen LogP contribution in [0.3, 0.4) is 0 Å². The third-order valence-corrected chi connectivity index (χ3v) is 5.43. The predicted molar refractivity (Wildman–Crippen MR) is 120 cm³/mol. The van der Waals surface area contributed by atoms with E-state index in [2.05, 4.69) is 36.2 Å². The molecule has 0 aliphatic heterocycles. The third-order valence-electron chi connectivity index (χ3n) is 5.43. The van der Waals surface area contributed by atoms with Gasteiger partial charge in [0.05, 0.1) is 11.1 Å². The third kappa shape index (κ3) is 3.99. The van der Waals surface area contributed by atoms with Crippen LogP contribution < -0.4 is 0 Å². The average Bonchev–Trinajstić information content (AvgIpc) is 3.27. The molecule has 0 aliphatic rings. The highest BCUT2D eigenvalue weighted by molar-refractivity contribution is 6.03. The fourth-order valence-electron chi connectivity index (χ4n) is 3.64. The van der Waals surface area contributed by atoms with E-state index in [1.807, 2.05) is 37.3 Å². The van der Waals surface area contributed by atoms with E-state index in [1.165, 1.54) is 18.4 Å². The first kappa shape index (κ1) is 19.9. The van der Waals surface area contributed by atoms with Crippen LogP contribution in [0.25, 0.3) is 33.7 Å². The molecule has 0 bridgehead atoms. The number of nitrogens with zero attached hydrogens (tertiary/aromatic N) is 1. The Balaban J connectivity index is 1.70. The summed E-state index contributed by atoms with van der Waals surface area (Å²) in [6, 6.07) is 19.5. The number of carboxylic acid groups (broad SMARTS) is 1. The molecule has 4 rings (SSSR count). The van der Waals surface area contributed by atoms with Gasteiger partial charge in [0.15, 0.2) is 5.76 Å². The maximum absolute atomic E-state index is 11.9. The molecule has 0 atom stereocenters. The summed E-state index contributed by atoms with van der Waals surface area (Å²) < 4.78 is 6.05. The minimum Gasteiger partial charge on any atom is -0.478 e. The molecule has 1 N–H and O–H groups in total. The highest BCUT2D eigenvalue weighted by atomic mass is 16.4. The summed E-state index contributed by atoms with van der Waals surface area (Å²) >= 11 is 0. The summed E-state index contributed by atoms with van der Waals surface area (Å²) in [4.78, 5) is 16.5. The van der Waals surface area contributed by atoms with Crippen LogP contribution in [0.1, 0.15) is 48.2 Å². The Morgan fingerprint density at radius 3 is 2.37 bits per heavy atom. The highest BCUT2D eigenvalue weighted by Crippen LogP contribution is 2.31. The maximum atomic E-state index is 11.9. The number of carboxylic acids is 1. The monoisotopic (exact) mass is 399 g/mol. The van der Waals surface area contributed by atoms with Crippen molar-refractivity contribution in [1.29, 1.82) is 0 Å². The molecular formula is C26H25NO3. The van der Waals surface area contributed by atoms with Gasteiger partial charge in [-0.25, -0.2) is 9.78 Å². The number of fused-ring (bicyclic) bond motifs is 1. The topological polar surface area (TPSA) is 63.3 Å². The van der Waals surface area contributed by atoms with Crippen molar-refractivity contribution in [3.63, 3.8) is 0 Å². The zero-order valence-electron chi connectivity index (χ0n) is 17.3. The van der Waals surface area contributed by atoms with Crippen molar-refractivity contribution in [2.75, 3.05) is 0 Å². The van der Waals surface area contributed by atoms with E-state index in [9.17, 15) is 9.90 Å². The largest absolute Gasteiger partial charge is 0.478 e. The van der Waals surface area contributed by atoms with Crippen LogP contribution in [-0.2, 0) is 12.8 Å². The lowest BCUT2D eigenvalue weighted by atomic mass is 10.0.